The fourth-order valence-electron chi connectivity index (χ4n) is 5.77. The van der Waals surface area contributed by atoms with Crippen LogP contribution in [-0.2, 0) is 15.6 Å². The Balaban J connectivity index is 1.38. The van der Waals surface area contributed by atoms with Gasteiger partial charge in [-0.3, -0.25) is 0 Å². The molecule has 1 unspecified atom stereocenters. The molecule has 0 amide bonds. The van der Waals surface area contributed by atoms with Gasteiger partial charge < -0.3 is 9.16 Å². The average Bonchev–Trinajstić information content (AvgIpc) is 3.35. The van der Waals surface area contributed by atoms with E-state index in [9.17, 15) is 0 Å². The average molecular weight is 612 g/mol. The van der Waals surface area contributed by atoms with E-state index in [0.717, 1.165) is 64.7 Å². The van der Waals surface area contributed by atoms with Gasteiger partial charge in [-0.1, -0.05) is 93.0 Å². The fourth-order valence-corrected chi connectivity index (χ4v) is 11.5. The lowest BCUT2D eigenvalue weighted by Gasteiger charge is -2.43. The monoisotopic (exact) mass is 610 g/mol. The van der Waals surface area contributed by atoms with Gasteiger partial charge in [0.2, 0.25) is 0 Å². The first-order valence-corrected chi connectivity index (χ1v) is 16.6. The van der Waals surface area contributed by atoms with Gasteiger partial charge in [-0.05, 0) is 75.1 Å². The normalized spacial score (nSPS) is 16.7. The third kappa shape index (κ3) is 5.26. The van der Waals surface area contributed by atoms with E-state index in [1.54, 1.807) is 0 Å². The first kappa shape index (κ1) is 27.6. The summed E-state index contributed by atoms with van der Waals surface area (Å²) in [5, 5.41) is 9.07. The van der Waals surface area contributed by atoms with Crippen molar-refractivity contribution in [2.24, 2.45) is 0 Å². The quantitative estimate of drug-likeness (QED) is 0.152. The highest BCUT2D eigenvalue weighted by molar-refractivity contribution is 9.10. The summed E-state index contributed by atoms with van der Waals surface area (Å²) >= 11 is 10.7. The van der Waals surface area contributed by atoms with Crippen molar-refractivity contribution in [2.45, 2.75) is 64.1 Å². The molecule has 5 rings (SSSR count). The molecule has 1 fully saturated rings. The van der Waals surface area contributed by atoms with E-state index in [-0.39, 0.29) is 11.3 Å². The maximum absolute atomic E-state index is 7.09. The summed E-state index contributed by atoms with van der Waals surface area (Å²) in [7, 11) is -2.55. The Morgan fingerprint density at radius 3 is 2.29 bits per heavy atom. The molecule has 0 spiro atoms. The van der Waals surface area contributed by atoms with Gasteiger partial charge in [0.1, 0.15) is 0 Å². The lowest BCUT2D eigenvalue weighted by Crippen LogP contribution is -2.66. The Kier molecular flexibility index (Phi) is 8.46. The molecule has 0 bridgehead atoms. The predicted octanol–water partition coefficient (Wildman–Crippen LogP) is 7.66. The van der Waals surface area contributed by atoms with Crippen LogP contribution in [0.4, 0.5) is 0 Å². The molecule has 1 aromatic heterocycles. The van der Waals surface area contributed by atoms with Crippen molar-refractivity contribution in [1.29, 1.82) is 0 Å². The smallest absolute Gasteiger partial charge is 0.261 e. The molecule has 1 aliphatic rings. The zero-order chi connectivity index (χ0) is 26.8. The van der Waals surface area contributed by atoms with E-state index in [1.807, 2.05) is 16.9 Å². The second-order valence-corrected chi connectivity index (χ2v) is 16.6. The van der Waals surface area contributed by atoms with Crippen molar-refractivity contribution in [3.8, 4) is 0 Å². The van der Waals surface area contributed by atoms with Gasteiger partial charge in [-0.2, -0.15) is 5.10 Å². The van der Waals surface area contributed by atoms with Gasteiger partial charge in [-0.25, -0.2) is 4.68 Å². The lowest BCUT2D eigenvalue weighted by molar-refractivity contribution is -0.0366. The SMILES string of the molecule is CC(C)(C)[Si](OCCCc1c(Cl)cc2c(cnn2C2CCCCO2)c1Br)(c1ccccc1)c1ccccc1. The lowest BCUT2D eigenvalue weighted by atomic mass is 10.1. The van der Waals surface area contributed by atoms with Gasteiger partial charge in [-0.15, -0.1) is 0 Å². The zero-order valence-corrected chi connectivity index (χ0v) is 25.8. The Morgan fingerprint density at radius 1 is 1.05 bits per heavy atom. The van der Waals surface area contributed by atoms with E-state index in [0.29, 0.717) is 6.61 Å². The van der Waals surface area contributed by atoms with Crippen LogP contribution in [0.2, 0.25) is 10.1 Å². The maximum atomic E-state index is 7.09. The minimum Gasteiger partial charge on any atom is -0.407 e. The highest BCUT2D eigenvalue weighted by atomic mass is 79.9. The van der Waals surface area contributed by atoms with Crippen LogP contribution >= 0.6 is 27.5 Å². The zero-order valence-electron chi connectivity index (χ0n) is 22.4. The van der Waals surface area contributed by atoms with Crippen LogP contribution in [-0.4, -0.2) is 31.3 Å². The van der Waals surface area contributed by atoms with Crippen molar-refractivity contribution in [1.82, 2.24) is 9.78 Å². The summed E-state index contributed by atoms with van der Waals surface area (Å²) < 4.78 is 16.1. The molecule has 1 atom stereocenters. The third-order valence-corrected chi connectivity index (χ3v) is 13.9. The molecule has 0 radical (unpaired) electrons. The molecule has 1 aliphatic heterocycles. The first-order valence-electron chi connectivity index (χ1n) is 13.5. The summed E-state index contributed by atoms with van der Waals surface area (Å²) in [5.74, 6) is 0. The summed E-state index contributed by atoms with van der Waals surface area (Å²) in [6, 6.07) is 23.6. The minimum absolute atomic E-state index is 0.0186. The number of fused-ring (bicyclic) bond motifs is 1. The van der Waals surface area contributed by atoms with Crippen molar-refractivity contribution >= 4 is 57.1 Å². The van der Waals surface area contributed by atoms with E-state index in [2.05, 4.69) is 102 Å². The van der Waals surface area contributed by atoms with Gasteiger partial charge in [0.15, 0.2) is 6.23 Å². The maximum Gasteiger partial charge on any atom is 0.261 e. The molecule has 0 aliphatic carbocycles. The van der Waals surface area contributed by atoms with Crippen molar-refractivity contribution in [3.05, 3.63) is 88.0 Å². The van der Waals surface area contributed by atoms with Crippen LogP contribution < -0.4 is 10.4 Å². The van der Waals surface area contributed by atoms with Crippen LogP contribution in [0.15, 0.2) is 77.4 Å². The Labute approximate surface area is 240 Å². The topological polar surface area (TPSA) is 36.3 Å². The molecule has 1 saturated heterocycles. The van der Waals surface area contributed by atoms with Crippen LogP contribution in [0.1, 0.15) is 58.2 Å². The number of hydrogen-bond donors (Lipinski definition) is 0. The molecule has 4 nitrogen and oxygen atoms in total. The third-order valence-electron chi connectivity index (χ3n) is 7.62. The molecule has 2 heterocycles. The van der Waals surface area contributed by atoms with Crippen LogP contribution in [0.5, 0.6) is 0 Å². The summed E-state index contributed by atoms with van der Waals surface area (Å²) in [4.78, 5) is 0. The van der Waals surface area contributed by atoms with Crippen LogP contribution in [0.25, 0.3) is 10.9 Å². The molecule has 38 heavy (non-hydrogen) atoms. The van der Waals surface area contributed by atoms with Crippen molar-refractivity contribution in [2.75, 3.05) is 13.2 Å². The Morgan fingerprint density at radius 2 is 1.71 bits per heavy atom. The molecular weight excluding hydrogens is 576 g/mol. The highest BCUT2D eigenvalue weighted by Gasteiger charge is 2.49. The van der Waals surface area contributed by atoms with E-state index in [4.69, 9.17) is 20.8 Å². The molecule has 0 saturated carbocycles. The molecule has 7 heteroatoms. The largest absolute Gasteiger partial charge is 0.407 e. The molecular formula is C31H36BrClN2O2Si. The minimum atomic E-state index is -2.55. The fraction of sp³-hybridized carbons (Fsp3) is 0.387. The summed E-state index contributed by atoms with van der Waals surface area (Å²) in [5.41, 5.74) is 2.12. The predicted molar refractivity (Wildman–Crippen MR) is 163 cm³/mol. The van der Waals surface area contributed by atoms with Crippen molar-refractivity contribution < 1.29 is 9.16 Å². The van der Waals surface area contributed by atoms with Crippen molar-refractivity contribution in [3.63, 3.8) is 0 Å². The standard InChI is InChI=1S/C31H36BrClN2O2Si/c1-31(2,3)38(23-13-6-4-7-14-23,24-15-8-5-9-16-24)37-20-12-17-25-27(33)21-28-26(30(25)32)22-34-35(28)29-18-10-11-19-36-29/h4-9,13-16,21-22,29H,10-12,17-20H2,1-3H3. The Bertz CT molecular complexity index is 1330. The van der Waals surface area contributed by atoms with Gasteiger partial charge >= 0.3 is 0 Å². The molecule has 3 aromatic carbocycles. The Hall–Kier alpha value is -1.96. The molecule has 4 aromatic rings. The number of halogens is 2. The number of benzene rings is 3. The molecule has 200 valence electrons. The second-order valence-electron chi connectivity index (χ2n) is 11.1. The van der Waals surface area contributed by atoms with Gasteiger partial charge in [0.05, 0.1) is 11.7 Å². The number of rotatable bonds is 8. The summed E-state index contributed by atoms with van der Waals surface area (Å²) in [6.07, 6.45) is 6.84. The number of hydrogen-bond acceptors (Lipinski definition) is 3. The summed E-state index contributed by atoms with van der Waals surface area (Å²) in [6.45, 7) is 8.38. The highest BCUT2D eigenvalue weighted by Crippen LogP contribution is 2.38. The molecule has 0 N–H and O–H groups in total. The second kappa shape index (κ2) is 11.6. The van der Waals surface area contributed by atoms with Gasteiger partial charge in [0, 0.05) is 28.1 Å². The van der Waals surface area contributed by atoms with Crippen LogP contribution in [0, 0.1) is 0 Å². The first-order chi connectivity index (χ1) is 18.3. The van der Waals surface area contributed by atoms with Gasteiger partial charge in [0.25, 0.3) is 8.32 Å². The van der Waals surface area contributed by atoms with E-state index in [1.165, 1.54) is 10.4 Å². The number of nitrogens with zero attached hydrogens (tertiary/aromatic N) is 2. The number of aromatic nitrogens is 2. The number of ether oxygens (including phenoxy) is 1. The van der Waals surface area contributed by atoms with Crippen LogP contribution in [0.3, 0.4) is 0 Å². The van der Waals surface area contributed by atoms with E-state index < -0.39 is 8.32 Å². The van der Waals surface area contributed by atoms with E-state index >= 15 is 0 Å².